The quantitative estimate of drug-likeness (QED) is 0.341. The lowest BCUT2D eigenvalue weighted by Gasteiger charge is -2.24. The molecule has 1 aliphatic rings. The molecule has 2 aromatic carbocycles. The van der Waals surface area contributed by atoms with Crippen molar-refractivity contribution < 1.29 is 9.59 Å². The summed E-state index contributed by atoms with van der Waals surface area (Å²) in [6.45, 7) is 3.70. The Morgan fingerprint density at radius 1 is 1.20 bits per heavy atom. The second kappa shape index (κ2) is 10.4. The average molecular weight is 406 g/mol. The highest BCUT2D eigenvalue weighted by atomic mass is 16.2. The number of hydrogen-bond acceptors (Lipinski definition) is 5. The normalized spacial score (nSPS) is 16.2. The molecule has 0 radical (unpaired) electrons. The van der Waals surface area contributed by atoms with E-state index < -0.39 is 12.2 Å². The number of carbonyl (C=O) groups excluding carboxylic acids is 2. The molecule has 2 aromatic rings. The first-order valence-corrected chi connectivity index (χ1v) is 9.92. The maximum Gasteiger partial charge on any atom is 0.239 e. The van der Waals surface area contributed by atoms with E-state index in [1.807, 2.05) is 54.7 Å². The number of anilines is 1. The number of aliphatic imine (C=N–C) groups is 1. The van der Waals surface area contributed by atoms with Crippen LogP contribution in [0.5, 0.6) is 0 Å². The average Bonchev–Trinajstić information content (AvgIpc) is 3.16. The van der Waals surface area contributed by atoms with Crippen LogP contribution in [-0.4, -0.2) is 37.8 Å². The molecule has 3 atom stereocenters. The molecule has 0 saturated heterocycles. The zero-order chi connectivity index (χ0) is 21.3. The van der Waals surface area contributed by atoms with E-state index in [0.29, 0.717) is 19.3 Å². The Bertz CT molecular complexity index is 927. The number of hydrogen-bond donors (Lipinski definition) is 4. The highest BCUT2D eigenvalue weighted by Gasteiger charge is 2.26. The van der Waals surface area contributed by atoms with E-state index in [2.05, 4.69) is 32.8 Å². The summed E-state index contributed by atoms with van der Waals surface area (Å²) in [5, 5.41) is 11.8. The summed E-state index contributed by atoms with van der Waals surface area (Å²) in [5.41, 5.74) is 3.92. The number of benzene rings is 2. The number of carbonyl (C=O) groups is 2. The summed E-state index contributed by atoms with van der Waals surface area (Å²) in [7, 11) is 1.75. The third-order valence-electron chi connectivity index (χ3n) is 5.17. The van der Waals surface area contributed by atoms with E-state index in [1.54, 1.807) is 13.2 Å². The first-order valence-electron chi connectivity index (χ1n) is 9.92. The molecule has 7 heteroatoms. The second-order valence-corrected chi connectivity index (χ2v) is 7.08. The lowest BCUT2D eigenvalue weighted by atomic mass is 9.96. The van der Waals surface area contributed by atoms with E-state index in [0.717, 1.165) is 22.5 Å². The van der Waals surface area contributed by atoms with Gasteiger partial charge in [-0.2, -0.15) is 0 Å². The van der Waals surface area contributed by atoms with Crippen LogP contribution < -0.4 is 21.3 Å². The lowest BCUT2D eigenvalue weighted by Crippen LogP contribution is -2.52. The van der Waals surface area contributed by atoms with Crippen molar-refractivity contribution in [3.8, 4) is 0 Å². The molecule has 156 valence electrons. The predicted molar refractivity (Wildman–Crippen MR) is 120 cm³/mol. The van der Waals surface area contributed by atoms with Gasteiger partial charge in [0.1, 0.15) is 6.17 Å². The van der Waals surface area contributed by atoms with Crippen molar-refractivity contribution in [2.45, 2.75) is 31.0 Å². The van der Waals surface area contributed by atoms with Gasteiger partial charge >= 0.3 is 0 Å². The number of amides is 2. The first kappa shape index (κ1) is 21.3. The van der Waals surface area contributed by atoms with Crippen LogP contribution in [0.15, 0.2) is 66.3 Å². The maximum atomic E-state index is 12.9. The van der Waals surface area contributed by atoms with Gasteiger partial charge in [-0.15, -0.1) is 0 Å². The standard InChI is InChI=1S/C23H27N5O2/c1-3-25-19-10-6-4-8-16(19)12-21(24-2)23(30)28-22(27-15-29)13-17-14-26-20-11-7-5-9-18(17)20/h3-11,14-15,17,21-22,24-25H,1,12-13H2,2H3,(H,27,29)(H,28,30)/t17?,21-,22?/m1/s1. The Morgan fingerprint density at radius 3 is 2.73 bits per heavy atom. The van der Waals surface area contributed by atoms with E-state index >= 15 is 0 Å². The molecule has 1 heterocycles. The molecule has 0 saturated carbocycles. The van der Waals surface area contributed by atoms with E-state index in [4.69, 9.17) is 0 Å². The lowest BCUT2D eigenvalue weighted by molar-refractivity contribution is -0.124. The van der Waals surface area contributed by atoms with Crippen LogP contribution in [0, 0.1) is 0 Å². The molecule has 0 fully saturated rings. The van der Waals surface area contributed by atoms with Crippen LogP contribution >= 0.6 is 0 Å². The van der Waals surface area contributed by atoms with Crippen molar-refractivity contribution in [3.63, 3.8) is 0 Å². The molecule has 2 unspecified atom stereocenters. The molecule has 3 rings (SSSR count). The minimum absolute atomic E-state index is 0.0319. The topological polar surface area (TPSA) is 94.6 Å². The zero-order valence-electron chi connectivity index (χ0n) is 17.0. The fourth-order valence-corrected chi connectivity index (χ4v) is 3.63. The van der Waals surface area contributed by atoms with Gasteiger partial charge in [-0.3, -0.25) is 14.6 Å². The monoisotopic (exact) mass is 405 g/mol. The van der Waals surface area contributed by atoms with Crippen molar-refractivity contribution in [3.05, 3.63) is 72.4 Å². The molecule has 0 bridgehead atoms. The fourth-order valence-electron chi connectivity index (χ4n) is 3.63. The third-order valence-corrected chi connectivity index (χ3v) is 5.17. The summed E-state index contributed by atoms with van der Waals surface area (Å²) in [5.74, 6) is -0.155. The third kappa shape index (κ3) is 5.12. The number of nitrogens with one attached hydrogen (secondary N) is 4. The molecular weight excluding hydrogens is 378 g/mol. The van der Waals surface area contributed by atoms with E-state index in [9.17, 15) is 9.59 Å². The maximum absolute atomic E-state index is 12.9. The molecule has 2 amide bonds. The van der Waals surface area contributed by atoms with Gasteiger partial charge in [0.15, 0.2) is 0 Å². The van der Waals surface area contributed by atoms with Gasteiger partial charge in [-0.25, -0.2) is 0 Å². The zero-order valence-corrected chi connectivity index (χ0v) is 17.0. The van der Waals surface area contributed by atoms with Crippen LogP contribution in [0.2, 0.25) is 0 Å². The largest absolute Gasteiger partial charge is 0.362 e. The fraction of sp³-hybridized carbons (Fsp3) is 0.261. The van der Waals surface area contributed by atoms with Gasteiger partial charge in [0.2, 0.25) is 12.3 Å². The first-order chi connectivity index (χ1) is 14.7. The van der Waals surface area contributed by atoms with Gasteiger partial charge in [-0.1, -0.05) is 43.0 Å². The van der Waals surface area contributed by atoms with Gasteiger partial charge < -0.3 is 21.3 Å². The Kier molecular flexibility index (Phi) is 7.34. The number of fused-ring (bicyclic) bond motifs is 1. The van der Waals surface area contributed by atoms with Gasteiger partial charge in [-0.05, 0) is 49.3 Å². The number of rotatable bonds is 11. The molecule has 7 nitrogen and oxygen atoms in total. The highest BCUT2D eigenvalue weighted by Crippen LogP contribution is 2.34. The Labute approximate surface area is 176 Å². The summed E-state index contributed by atoms with van der Waals surface area (Å²) in [6.07, 6.45) is 4.59. The second-order valence-electron chi connectivity index (χ2n) is 7.08. The Balaban J connectivity index is 1.67. The van der Waals surface area contributed by atoms with Crippen LogP contribution in [0.25, 0.3) is 0 Å². The number of para-hydroxylation sites is 2. The van der Waals surface area contributed by atoms with Crippen molar-refractivity contribution in [2.75, 3.05) is 12.4 Å². The summed E-state index contributed by atoms with van der Waals surface area (Å²) < 4.78 is 0. The smallest absolute Gasteiger partial charge is 0.239 e. The number of nitrogens with zero attached hydrogens (tertiary/aromatic N) is 1. The SMILES string of the molecule is C=CNc1ccccc1C[C@@H](NC)C(=O)NC(CC1C=Nc2ccccc21)NC=O. The summed E-state index contributed by atoms with van der Waals surface area (Å²) in [4.78, 5) is 28.5. The molecule has 30 heavy (non-hydrogen) atoms. The summed E-state index contributed by atoms with van der Waals surface area (Å²) >= 11 is 0. The van der Waals surface area contributed by atoms with Crippen molar-refractivity contribution in [1.29, 1.82) is 0 Å². The highest BCUT2D eigenvalue weighted by molar-refractivity contribution is 5.83. The molecule has 0 aliphatic carbocycles. The van der Waals surface area contributed by atoms with Crippen LogP contribution in [0.1, 0.15) is 23.5 Å². The molecule has 0 spiro atoms. The van der Waals surface area contributed by atoms with Gasteiger partial charge in [0, 0.05) is 17.8 Å². The van der Waals surface area contributed by atoms with E-state index in [-0.39, 0.29) is 11.8 Å². The molecule has 1 aliphatic heterocycles. The van der Waals surface area contributed by atoms with E-state index in [1.165, 1.54) is 0 Å². The van der Waals surface area contributed by atoms with Crippen molar-refractivity contribution >= 4 is 29.9 Å². The van der Waals surface area contributed by atoms with Gasteiger partial charge in [0.05, 0.1) is 11.7 Å². The van der Waals surface area contributed by atoms with Crippen LogP contribution in [-0.2, 0) is 16.0 Å². The Morgan fingerprint density at radius 2 is 1.97 bits per heavy atom. The predicted octanol–water partition coefficient (Wildman–Crippen LogP) is 2.45. The van der Waals surface area contributed by atoms with Crippen LogP contribution in [0.4, 0.5) is 11.4 Å². The van der Waals surface area contributed by atoms with Gasteiger partial charge in [0.25, 0.3) is 0 Å². The Hall–Kier alpha value is -3.45. The summed E-state index contributed by atoms with van der Waals surface area (Å²) in [6, 6.07) is 15.2. The van der Waals surface area contributed by atoms with Crippen LogP contribution in [0.3, 0.4) is 0 Å². The minimum Gasteiger partial charge on any atom is -0.362 e. The molecule has 0 aromatic heterocycles. The molecular formula is C23H27N5O2. The van der Waals surface area contributed by atoms with Crippen molar-refractivity contribution in [1.82, 2.24) is 16.0 Å². The minimum atomic E-state index is -0.505. The van der Waals surface area contributed by atoms with Crippen molar-refractivity contribution in [2.24, 2.45) is 4.99 Å². The number of likely N-dealkylation sites (N-methyl/N-ethyl adjacent to an activating group) is 1. The molecule has 4 N–H and O–H groups in total.